The molecule has 0 bridgehead atoms. The monoisotopic (exact) mass is 496 g/mol. The number of alkyl halides is 3. The van der Waals surface area contributed by atoms with Crippen molar-refractivity contribution in [3.8, 4) is 0 Å². The lowest BCUT2D eigenvalue weighted by Gasteiger charge is -2.36. The lowest BCUT2D eigenvalue weighted by atomic mass is 9.82. The highest BCUT2D eigenvalue weighted by atomic mass is 32.1. The molecule has 1 aromatic carbocycles. The molecule has 2 heterocycles. The molecule has 2 amide bonds. The lowest BCUT2D eigenvalue weighted by Crippen LogP contribution is -2.46. The summed E-state index contributed by atoms with van der Waals surface area (Å²) in [6.07, 6.45) is 0.835. The van der Waals surface area contributed by atoms with E-state index in [1.54, 1.807) is 11.1 Å². The van der Waals surface area contributed by atoms with E-state index in [1.807, 2.05) is 5.38 Å². The van der Waals surface area contributed by atoms with Crippen molar-refractivity contribution in [2.24, 2.45) is 0 Å². The zero-order valence-corrected chi connectivity index (χ0v) is 19.3. The number of rotatable bonds is 6. The standard InChI is InChI=1S/C23H27F3N4O3S/c24-23(25,26)16-3-1-2-15(12-16)20(32)28-13-19(31)30-10-6-18(14-30)29-17-4-7-22(33,8-5-17)21-27-9-11-34-21/h1-3,9,11-12,17-18,29,33H,4-8,10,13-14H2,(H,28,32)/t17?,18-,22?/m0/s1. The van der Waals surface area contributed by atoms with Crippen LogP contribution < -0.4 is 10.6 Å². The van der Waals surface area contributed by atoms with Gasteiger partial charge in [-0.15, -0.1) is 11.3 Å². The van der Waals surface area contributed by atoms with Gasteiger partial charge in [0.05, 0.1) is 12.1 Å². The van der Waals surface area contributed by atoms with E-state index >= 15 is 0 Å². The van der Waals surface area contributed by atoms with Gasteiger partial charge in [-0.3, -0.25) is 9.59 Å². The summed E-state index contributed by atoms with van der Waals surface area (Å²) < 4.78 is 38.5. The summed E-state index contributed by atoms with van der Waals surface area (Å²) in [7, 11) is 0. The Hall–Kier alpha value is -2.50. The van der Waals surface area contributed by atoms with Gasteiger partial charge >= 0.3 is 6.18 Å². The molecule has 34 heavy (non-hydrogen) atoms. The van der Waals surface area contributed by atoms with Crippen LogP contribution in [0.15, 0.2) is 35.8 Å². The van der Waals surface area contributed by atoms with E-state index in [4.69, 9.17) is 0 Å². The second kappa shape index (κ2) is 10.0. The van der Waals surface area contributed by atoms with Crippen LogP contribution in [0.2, 0.25) is 0 Å². The van der Waals surface area contributed by atoms with Gasteiger partial charge in [0, 0.05) is 42.3 Å². The fourth-order valence-electron chi connectivity index (χ4n) is 4.59. The van der Waals surface area contributed by atoms with Crippen molar-refractivity contribution >= 4 is 23.2 Å². The van der Waals surface area contributed by atoms with Gasteiger partial charge in [-0.05, 0) is 50.3 Å². The first-order valence-electron chi connectivity index (χ1n) is 11.3. The van der Waals surface area contributed by atoms with Crippen molar-refractivity contribution < 1.29 is 27.9 Å². The Morgan fingerprint density at radius 3 is 2.65 bits per heavy atom. The maximum absolute atomic E-state index is 12.8. The number of hydrogen-bond donors (Lipinski definition) is 3. The van der Waals surface area contributed by atoms with Crippen molar-refractivity contribution in [3.05, 3.63) is 52.0 Å². The predicted octanol–water partition coefficient (Wildman–Crippen LogP) is 2.91. The van der Waals surface area contributed by atoms with Gasteiger partial charge in [-0.1, -0.05) is 6.07 Å². The largest absolute Gasteiger partial charge is 0.416 e. The van der Waals surface area contributed by atoms with Crippen LogP contribution in [0.4, 0.5) is 13.2 Å². The second-order valence-electron chi connectivity index (χ2n) is 8.90. The average molecular weight is 497 g/mol. The van der Waals surface area contributed by atoms with E-state index < -0.39 is 23.2 Å². The molecule has 3 N–H and O–H groups in total. The van der Waals surface area contributed by atoms with Crippen LogP contribution in [0.25, 0.3) is 0 Å². The van der Waals surface area contributed by atoms with E-state index in [0.29, 0.717) is 25.9 Å². The molecule has 7 nitrogen and oxygen atoms in total. The zero-order valence-electron chi connectivity index (χ0n) is 18.5. The Balaban J connectivity index is 1.21. The van der Waals surface area contributed by atoms with Gasteiger partial charge in [-0.2, -0.15) is 13.2 Å². The third kappa shape index (κ3) is 5.76. The molecule has 1 saturated carbocycles. The maximum Gasteiger partial charge on any atom is 0.416 e. The van der Waals surface area contributed by atoms with E-state index in [2.05, 4.69) is 15.6 Å². The molecule has 4 rings (SSSR count). The number of nitrogens with one attached hydrogen (secondary N) is 2. The number of hydrogen-bond acceptors (Lipinski definition) is 6. The first-order valence-corrected chi connectivity index (χ1v) is 12.1. The Morgan fingerprint density at radius 2 is 1.97 bits per heavy atom. The molecular formula is C23H27F3N4O3S. The highest BCUT2D eigenvalue weighted by Crippen LogP contribution is 2.38. The van der Waals surface area contributed by atoms with Crippen LogP contribution in [0.5, 0.6) is 0 Å². The molecule has 2 aromatic rings. The van der Waals surface area contributed by atoms with Crippen LogP contribution in [-0.4, -0.2) is 58.5 Å². The van der Waals surface area contributed by atoms with Crippen molar-refractivity contribution in [1.29, 1.82) is 0 Å². The average Bonchev–Trinajstić information content (AvgIpc) is 3.51. The van der Waals surface area contributed by atoms with Gasteiger partial charge in [0.1, 0.15) is 10.6 Å². The van der Waals surface area contributed by atoms with Gasteiger partial charge in [0.2, 0.25) is 5.91 Å². The Kier molecular flexibility index (Phi) is 7.25. The number of nitrogens with zero attached hydrogens (tertiary/aromatic N) is 2. The van der Waals surface area contributed by atoms with Gasteiger partial charge < -0.3 is 20.6 Å². The highest BCUT2D eigenvalue weighted by molar-refractivity contribution is 7.09. The van der Waals surface area contributed by atoms with Crippen LogP contribution in [0.3, 0.4) is 0 Å². The van der Waals surface area contributed by atoms with Crippen molar-refractivity contribution in [2.75, 3.05) is 19.6 Å². The first-order chi connectivity index (χ1) is 16.1. The van der Waals surface area contributed by atoms with E-state index in [0.717, 1.165) is 36.4 Å². The van der Waals surface area contributed by atoms with E-state index in [-0.39, 0.29) is 30.1 Å². The molecule has 11 heteroatoms. The highest BCUT2D eigenvalue weighted by Gasteiger charge is 2.38. The number of carbonyl (C=O) groups excluding carboxylic acids is 2. The summed E-state index contributed by atoms with van der Waals surface area (Å²) in [4.78, 5) is 30.7. The Bertz CT molecular complexity index is 1010. The van der Waals surface area contributed by atoms with E-state index in [1.165, 1.54) is 23.5 Å². The smallest absolute Gasteiger partial charge is 0.383 e. The van der Waals surface area contributed by atoms with Crippen LogP contribution >= 0.6 is 11.3 Å². The molecule has 1 aromatic heterocycles. The summed E-state index contributed by atoms with van der Waals surface area (Å²) in [6.45, 7) is 0.781. The van der Waals surface area contributed by atoms with Crippen molar-refractivity contribution in [2.45, 2.75) is 56.0 Å². The molecule has 1 saturated heterocycles. The zero-order chi connectivity index (χ0) is 24.3. The fourth-order valence-corrected chi connectivity index (χ4v) is 5.39. The number of amides is 2. The molecule has 2 fully saturated rings. The topological polar surface area (TPSA) is 94.6 Å². The molecule has 1 aliphatic carbocycles. The minimum Gasteiger partial charge on any atom is -0.383 e. The summed E-state index contributed by atoms with van der Waals surface area (Å²) in [5.74, 6) is -0.991. The molecule has 1 atom stereocenters. The number of halogens is 3. The Labute approximate surface area is 199 Å². The maximum atomic E-state index is 12.8. The first kappa shape index (κ1) is 24.6. The minimum atomic E-state index is -4.54. The number of carbonyl (C=O) groups is 2. The van der Waals surface area contributed by atoms with Gasteiger partial charge in [0.25, 0.3) is 5.91 Å². The summed E-state index contributed by atoms with van der Waals surface area (Å²) in [5.41, 5.74) is -1.91. The van der Waals surface area contributed by atoms with Crippen LogP contribution in [0.1, 0.15) is 53.0 Å². The second-order valence-corrected chi connectivity index (χ2v) is 9.79. The van der Waals surface area contributed by atoms with Crippen LogP contribution in [-0.2, 0) is 16.6 Å². The van der Waals surface area contributed by atoms with Crippen molar-refractivity contribution in [3.63, 3.8) is 0 Å². The third-order valence-electron chi connectivity index (χ3n) is 6.51. The quantitative estimate of drug-likeness (QED) is 0.572. The number of benzene rings is 1. The summed E-state index contributed by atoms with van der Waals surface area (Å²) in [5, 5.41) is 19.5. The molecule has 0 spiro atoms. The van der Waals surface area contributed by atoms with Crippen LogP contribution in [0, 0.1) is 0 Å². The molecule has 184 valence electrons. The van der Waals surface area contributed by atoms with Gasteiger partial charge in [-0.25, -0.2) is 4.98 Å². The minimum absolute atomic E-state index is 0.124. The molecule has 1 aliphatic heterocycles. The molecule has 0 radical (unpaired) electrons. The number of aliphatic hydroxyl groups is 1. The Morgan fingerprint density at radius 1 is 1.21 bits per heavy atom. The number of likely N-dealkylation sites (tertiary alicyclic amines) is 1. The lowest BCUT2D eigenvalue weighted by molar-refractivity contribution is -0.137. The number of thiazole rings is 1. The molecular weight excluding hydrogens is 469 g/mol. The van der Waals surface area contributed by atoms with Crippen molar-refractivity contribution in [1.82, 2.24) is 20.5 Å². The van der Waals surface area contributed by atoms with E-state index in [9.17, 15) is 27.9 Å². The third-order valence-corrected chi connectivity index (χ3v) is 7.47. The summed E-state index contributed by atoms with van der Waals surface area (Å²) in [6, 6.07) is 4.49. The fraction of sp³-hybridized carbons (Fsp3) is 0.522. The number of aromatic nitrogens is 1. The molecule has 0 unspecified atom stereocenters. The predicted molar refractivity (Wildman–Crippen MR) is 120 cm³/mol. The normalized spacial score (nSPS) is 25.4. The SMILES string of the molecule is O=C(NCC(=O)N1CC[C@H](NC2CCC(O)(c3nccs3)CC2)C1)c1cccc(C(F)(F)F)c1. The molecule has 2 aliphatic rings. The van der Waals surface area contributed by atoms with Gasteiger partial charge in [0.15, 0.2) is 0 Å². The summed E-state index contributed by atoms with van der Waals surface area (Å²) >= 11 is 1.47.